The summed E-state index contributed by atoms with van der Waals surface area (Å²) in [6.45, 7) is 0.862. The lowest BCUT2D eigenvalue weighted by molar-refractivity contribution is -0.158. The summed E-state index contributed by atoms with van der Waals surface area (Å²) in [5.41, 5.74) is -0.300. The molecule has 1 aromatic rings. The van der Waals surface area contributed by atoms with Crippen molar-refractivity contribution in [1.82, 2.24) is 0 Å². The Hall–Kier alpha value is -3.43. The average molecular weight is 742 g/mol. The number of halogens is 5. The molecular formula is C31H23F4IO9. The van der Waals surface area contributed by atoms with Gasteiger partial charge >= 0.3 is 23.9 Å². The van der Waals surface area contributed by atoms with E-state index < -0.39 is 70.8 Å². The maximum absolute atomic E-state index is 14.8. The summed E-state index contributed by atoms with van der Waals surface area (Å²) < 4.78 is 86.2. The van der Waals surface area contributed by atoms with Crippen LogP contribution in [0.1, 0.15) is 37.7 Å². The zero-order valence-electron chi connectivity index (χ0n) is 23.4. The maximum Gasteiger partial charge on any atom is 0.339 e. The van der Waals surface area contributed by atoms with Crippen LogP contribution < -0.4 is 4.74 Å². The van der Waals surface area contributed by atoms with E-state index in [1.807, 2.05) is 0 Å². The van der Waals surface area contributed by atoms with Gasteiger partial charge in [0.15, 0.2) is 17.7 Å². The van der Waals surface area contributed by atoms with Gasteiger partial charge in [-0.25, -0.2) is 13.6 Å². The molecule has 8 rings (SSSR count). The van der Waals surface area contributed by atoms with Crippen molar-refractivity contribution in [2.24, 2.45) is 35.5 Å². The van der Waals surface area contributed by atoms with E-state index in [1.165, 1.54) is 0 Å². The van der Waals surface area contributed by atoms with Gasteiger partial charge in [0.2, 0.25) is 17.4 Å². The lowest BCUT2D eigenvalue weighted by Gasteiger charge is -2.28. The van der Waals surface area contributed by atoms with Gasteiger partial charge in [-0.1, -0.05) is 0 Å². The molecule has 1 aromatic carbocycles. The number of carbonyl (C=O) groups is 4. The normalized spacial score (nSPS) is 35.2. The van der Waals surface area contributed by atoms with Gasteiger partial charge in [-0.15, -0.1) is 0 Å². The second-order valence-electron chi connectivity index (χ2n) is 12.6. The smallest absolute Gasteiger partial charge is 0.339 e. The Morgan fingerprint density at radius 1 is 0.911 bits per heavy atom. The lowest BCUT2D eigenvalue weighted by Crippen LogP contribution is -2.37. The molecule has 0 radical (unpaired) electrons. The van der Waals surface area contributed by atoms with Gasteiger partial charge in [-0.05, 0) is 66.8 Å². The van der Waals surface area contributed by atoms with Gasteiger partial charge in [0.1, 0.15) is 23.7 Å². The first-order chi connectivity index (χ1) is 21.4. The molecule has 9 nitrogen and oxygen atoms in total. The van der Waals surface area contributed by atoms with Crippen molar-refractivity contribution < 1.29 is 60.4 Å². The van der Waals surface area contributed by atoms with Gasteiger partial charge in [-0.2, -0.15) is 8.78 Å². The maximum atomic E-state index is 14.8. The van der Waals surface area contributed by atoms with E-state index in [2.05, 4.69) is 0 Å². The highest BCUT2D eigenvalue weighted by Crippen LogP contribution is 2.56. The molecule has 0 aromatic heterocycles. The summed E-state index contributed by atoms with van der Waals surface area (Å²) in [5.74, 6) is -12.9. The first kappa shape index (κ1) is 29.0. The summed E-state index contributed by atoms with van der Waals surface area (Å²) in [6.07, 6.45) is 0.808. The van der Waals surface area contributed by atoms with Crippen LogP contribution in [0.15, 0.2) is 32.3 Å². The van der Waals surface area contributed by atoms with Crippen LogP contribution in [0.2, 0.25) is 0 Å². The lowest BCUT2D eigenvalue weighted by atomic mass is 9.88. The summed E-state index contributed by atoms with van der Waals surface area (Å²) in [6, 6.07) is 0. The molecule has 9 atom stereocenters. The zero-order chi connectivity index (χ0) is 31.6. The van der Waals surface area contributed by atoms with E-state index in [9.17, 15) is 36.7 Å². The molecule has 45 heavy (non-hydrogen) atoms. The monoisotopic (exact) mass is 742 g/mol. The highest BCUT2D eigenvalue weighted by Gasteiger charge is 2.63. The van der Waals surface area contributed by atoms with Crippen LogP contribution in [0.25, 0.3) is 0 Å². The zero-order valence-corrected chi connectivity index (χ0v) is 25.5. The van der Waals surface area contributed by atoms with Crippen LogP contribution in [0.4, 0.5) is 17.6 Å². The predicted octanol–water partition coefficient (Wildman–Crippen LogP) is 4.78. The van der Waals surface area contributed by atoms with Crippen LogP contribution in [0.3, 0.4) is 0 Å². The Bertz CT molecular complexity index is 1700. The standard InChI is InChI=1S/C31H23F4IO9/c1-8-18(32)20(34)27(21(35)19(8)33)41-11-6-16(30(39)42-23-9-2-12-14(4-9)28(37)44-25(12)23)22(36)17(7-11)31(40)43-24-10-3-13-15(5-10)29(38)45-26(13)24/h6,9,12-15,17,23,25-26H,2-5,7H2,1H3/t9?,12-,13?,14?,15?,17?,23?,25?,26?/m0/s1. The van der Waals surface area contributed by atoms with Crippen molar-refractivity contribution in [2.45, 2.75) is 57.3 Å². The molecule has 0 spiro atoms. The van der Waals surface area contributed by atoms with Crippen molar-refractivity contribution in [3.8, 4) is 5.75 Å². The molecule has 5 aliphatic carbocycles. The van der Waals surface area contributed by atoms with E-state index in [1.54, 1.807) is 22.6 Å². The third-order valence-corrected chi connectivity index (χ3v) is 11.7. The molecule has 8 unspecified atom stereocenters. The number of allylic oxidation sites excluding steroid dienone is 2. The Morgan fingerprint density at radius 3 is 2.36 bits per heavy atom. The fraction of sp³-hybridized carbons (Fsp3) is 0.484. The van der Waals surface area contributed by atoms with E-state index in [-0.39, 0.29) is 68.6 Å². The minimum Gasteiger partial charge on any atom is -0.458 e. The highest BCUT2D eigenvalue weighted by atomic mass is 127. The summed E-state index contributed by atoms with van der Waals surface area (Å²) >= 11 is 1.78. The van der Waals surface area contributed by atoms with Gasteiger partial charge in [0.05, 0.1) is 23.3 Å². The van der Waals surface area contributed by atoms with Crippen LogP contribution >= 0.6 is 22.6 Å². The Morgan fingerprint density at radius 2 is 1.62 bits per heavy atom. The molecule has 7 aliphatic rings. The Kier molecular flexibility index (Phi) is 6.47. The van der Waals surface area contributed by atoms with E-state index in [0.29, 0.717) is 25.7 Å². The van der Waals surface area contributed by atoms with Gasteiger partial charge in [0.25, 0.3) is 0 Å². The van der Waals surface area contributed by atoms with Crippen LogP contribution in [0, 0.1) is 65.7 Å². The third-order valence-electron chi connectivity index (χ3n) is 10.3. The van der Waals surface area contributed by atoms with Gasteiger partial charge in [0, 0.05) is 33.3 Å². The number of benzene rings is 1. The van der Waals surface area contributed by atoms with Gasteiger partial charge < -0.3 is 23.7 Å². The molecule has 0 amide bonds. The minimum atomic E-state index is -1.79. The second kappa shape index (κ2) is 10.0. The fourth-order valence-electron chi connectivity index (χ4n) is 8.14. The molecule has 4 bridgehead atoms. The van der Waals surface area contributed by atoms with E-state index in [0.717, 1.165) is 18.6 Å². The first-order valence-electron chi connectivity index (χ1n) is 14.6. The van der Waals surface area contributed by atoms with Crippen molar-refractivity contribution in [1.29, 1.82) is 0 Å². The van der Waals surface area contributed by atoms with E-state index >= 15 is 0 Å². The summed E-state index contributed by atoms with van der Waals surface area (Å²) in [7, 11) is 0. The quantitative estimate of drug-likeness (QED) is 0.134. The molecule has 2 aliphatic heterocycles. The van der Waals surface area contributed by atoms with Crippen LogP contribution in [-0.2, 0) is 38.1 Å². The number of hydrogen-bond acceptors (Lipinski definition) is 9. The first-order valence-corrected chi connectivity index (χ1v) is 15.7. The van der Waals surface area contributed by atoms with E-state index in [4.69, 9.17) is 23.7 Å². The van der Waals surface area contributed by atoms with Crippen LogP contribution in [0.5, 0.6) is 5.75 Å². The molecular weight excluding hydrogens is 719 g/mol. The molecule has 236 valence electrons. The molecule has 5 fully saturated rings. The average Bonchev–Trinajstić information content (AvgIpc) is 3.83. The number of esters is 4. The largest absolute Gasteiger partial charge is 0.458 e. The SMILES string of the molecule is Cc1c(F)c(F)c(OC2=CC(C(=O)OC3C4CC5C(=O)OC3[C@H]5C4)=C(I)C(C(=O)OC3=C4CC5C(=O)OC3C5C4)C2)c(F)c1F. The molecule has 0 N–H and O–H groups in total. The molecule has 3 saturated carbocycles. The molecule has 2 saturated heterocycles. The minimum absolute atomic E-state index is 0.0605. The molecule has 14 heteroatoms. The second-order valence-corrected chi connectivity index (χ2v) is 13.8. The van der Waals surface area contributed by atoms with Crippen molar-refractivity contribution in [3.63, 3.8) is 0 Å². The number of rotatable bonds is 6. The topological polar surface area (TPSA) is 114 Å². The Balaban J connectivity index is 1.11. The number of fused-ring (bicyclic) bond motifs is 2. The number of hydrogen-bond donors (Lipinski definition) is 0. The van der Waals surface area contributed by atoms with Gasteiger partial charge in [-0.3, -0.25) is 14.4 Å². The van der Waals surface area contributed by atoms with Crippen molar-refractivity contribution >= 4 is 46.5 Å². The number of carbonyl (C=O) groups excluding carboxylic acids is 4. The van der Waals surface area contributed by atoms with Crippen LogP contribution in [-0.4, -0.2) is 42.2 Å². The summed E-state index contributed by atoms with van der Waals surface area (Å²) in [5, 5.41) is 0. The highest BCUT2D eigenvalue weighted by molar-refractivity contribution is 14.1. The van der Waals surface area contributed by atoms with Crippen molar-refractivity contribution in [3.05, 3.63) is 61.2 Å². The predicted molar refractivity (Wildman–Crippen MR) is 148 cm³/mol. The van der Waals surface area contributed by atoms with Crippen molar-refractivity contribution in [2.75, 3.05) is 0 Å². The number of ether oxygens (including phenoxy) is 5. The Labute approximate surface area is 266 Å². The fourth-order valence-corrected chi connectivity index (χ4v) is 8.99. The molecule has 2 heterocycles. The summed E-state index contributed by atoms with van der Waals surface area (Å²) in [4.78, 5) is 51.6. The third kappa shape index (κ3) is 4.15.